The Kier molecular flexibility index (Phi) is 5.17. The third kappa shape index (κ3) is 3.72. The first-order valence-corrected chi connectivity index (χ1v) is 10.1. The largest absolute Gasteiger partial charge is 0.341 e. The molecule has 2 atom stereocenters. The quantitative estimate of drug-likeness (QED) is 0.800. The Morgan fingerprint density at radius 3 is 2.22 bits per heavy atom. The molecule has 3 saturated heterocycles. The van der Waals surface area contributed by atoms with Crippen LogP contribution >= 0.6 is 0 Å². The fraction of sp³-hybridized carbons (Fsp3) is 0.619. The summed E-state index contributed by atoms with van der Waals surface area (Å²) < 4.78 is 13.0. The van der Waals surface area contributed by atoms with Gasteiger partial charge in [0.25, 0.3) is 5.91 Å². The minimum Gasteiger partial charge on any atom is -0.341 e. The van der Waals surface area contributed by atoms with E-state index in [-0.39, 0.29) is 23.5 Å². The molecule has 0 radical (unpaired) electrons. The van der Waals surface area contributed by atoms with Crippen LogP contribution in [-0.2, 0) is 4.79 Å². The Balaban J connectivity index is 1.33. The molecule has 2 amide bonds. The second-order valence-electron chi connectivity index (χ2n) is 8.20. The SMILES string of the molecule is CN1[C@@H]2CC[C@H]1CN(C(=O)C1CCN(C(=O)c3ccc(F)cc3)CC1)CC2. The minimum absolute atomic E-state index is 0.0178. The van der Waals surface area contributed by atoms with Crippen LogP contribution in [0.2, 0.25) is 0 Å². The molecule has 146 valence electrons. The number of halogens is 1. The van der Waals surface area contributed by atoms with Gasteiger partial charge in [0.15, 0.2) is 0 Å². The maximum Gasteiger partial charge on any atom is 0.253 e. The van der Waals surface area contributed by atoms with Gasteiger partial charge in [-0.15, -0.1) is 0 Å². The summed E-state index contributed by atoms with van der Waals surface area (Å²) in [4.78, 5) is 31.9. The van der Waals surface area contributed by atoms with E-state index in [1.54, 1.807) is 4.90 Å². The molecule has 3 fully saturated rings. The van der Waals surface area contributed by atoms with Crippen molar-refractivity contribution in [3.05, 3.63) is 35.6 Å². The van der Waals surface area contributed by atoms with Crippen LogP contribution in [0.25, 0.3) is 0 Å². The predicted octanol–water partition coefficient (Wildman–Crippen LogP) is 2.37. The van der Waals surface area contributed by atoms with Crippen molar-refractivity contribution in [2.24, 2.45) is 5.92 Å². The molecule has 2 bridgehead atoms. The third-order valence-electron chi connectivity index (χ3n) is 6.68. The second kappa shape index (κ2) is 7.58. The van der Waals surface area contributed by atoms with Crippen LogP contribution in [0, 0.1) is 11.7 Å². The summed E-state index contributed by atoms with van der Waals surface area (Å²) in [7, 11) is 2.19. The van der Waals surface area contributed by atoms with Crippen LogP contribution in [0.1, 0.15) is 42.5 Å². The highest BCUT2D eigenvalue weighted by atomic mass is 19.1. The van der Waals surface area contributed by atoms with Crippen molar-refractivity contribution in [1.82, 2.24) is 14.7 Å². The van der Waals surface area contributed by atoms with Crippen LogP contribution in [0.4, 0.5) is 4.39 Å². The molecule has 3 heterocycles. The Hall–Kier alpha value is -1.95. The molecular weight excluding hydrogens is 345 g/mol. The van der Waals surface area contributed by atoms with Crippen molar-refractivity contribution >= 4 is 11.8 Å². The molecule has 1 aromatic carbocycles. The van der Waals surface area contributed by atoms with Gasteiger partial charge in [0, 0.05) is 49.7 Å². The Labute approximate surface area is 160 Å². The van der Waals surface area contributed by atoms with Gasteiger partial charge in [-0.2, -0.15) is 0 Å². The molecule has 0 aromatic heterocycles. The number of likely N-dealkylation sites (N-methyl/N-ethyl adjacent to an activating group) is 1. The van der Waals surface area contributed by atoms with Crippen molar-refractivity contribution in [1.29, 1.82) is 0 Å². The van der Waals surface area contributed by atoms with E-state index in [1.165, 1.54) is 37.1 Å². The summed E-state index contributed by atoms with van der Waals surface area (Å²) in [6, 6.07) is 6.81. The number of nitrogens with zero attached hydrogens (tertiary/aromatic N) is 3. The number of rotatable bonds is 2. The second-order valence-corrected chi connectivity index (χ2v) is 8.20. The number of carbonyl (C=O) groups excluding carboxylic acids is 2. The third-order valence-corrected chi connectivity index (χ3v) is 6.68. The zero-order chi connectivity index (χ0) is 19.0. The first kappa shape index (κ1) is 18.4. The van der Waals surface area contributed by atoms with Crippen LogP contribution in [-0.4, -0.2) is 71.8 Å². The normalized spacial score (nSPS) is 26.9. The maximum atomic E-state index is 13.0. The average molecular weight is 373 g/mol. The van der Waals surface area contributed by atoms with Crippen LogP contribution in [0.5, 0.6) is 0 Å². The summed E-state index contributed by atoms with van der Waals surface area (Å²) in [6.07, 6.45) is 4.95. The van der Waals surface area contributed by atoms with E-state index >= 15 is 0 Å². The number of fused-ring (bicyclic) bond motifs is 2. The van der Waals surface area contributed by atoms with E-state index in [1.807, 2.05) is 0 Å². The molecule has 1 aromatic rings. The molecule has 6 heteroatoms. The Morgan fingerprint density at radius 1 is 0.889 bits per heavy atom. The first-order valence-electron chi connectivity index (χ1n) is 10.1. The standard InChI is InChI=1S/C21H28FN3O2/c1-23-18-6-7-19(23)14-25(13-10-18)21(27)16-8-11-24(12-9-16)20(26)15-2-4-17(22)5-3-15/h2-5,16,18-19H,6-14H2,1H3/t18-,19+/m1/s1. The maximum absolute atomic E-state index is 13.0. The molecule has 5 nitrogen and oxygen atoms in total. The fourth-order valence-corrected chi connectivity index (χ4v) is 4.87. The molecule has 0 aliphatic carbocycles. The lowest BCUT2D eigenvalue weighted by Gasteiger charge is -2.35. The highest BCUT2D eigenvalue weighted by Gasteiger charge is 2.38. The number of hydrogen-bond donors (Lipinski definition) is 0. The van der Waals surface area contributed by atoms with Gasteiger partial charge in [-0.25, -0.2) is 4.39 Å². The fourth-order valence-electron chi connectivity index (χ4n) is 4.87. The predicted molar refractivity (Wildman–Crippen MR) is 101 cm³/mol. The number of likely N-dealkylation sites (tertiary alicyclic amines) is 2. The zero-order valence-electron chi connectivity index (χ0n) is 15.9. The monoisotopic (exact) mass is 373 g/mol. The van der Waals surface area contributed by atoms with E-state index in [0.29, 0.717) is 43.6 Å². The van der Waals surface area contributed by atoms with Crippen molar-refractivity contribution in [3.8, 4) is 0 Å². The molecular formula is C21H28FN3O2. The lowest BCUT2D eigenvalue weighted by atomic mass is 9.94. The van der Waals surface area contributed by atoms with Gasteiger partial charge < -0.3 is 9.80 Å². The first-order chi connectivity index (χ1) is 13.0. The van der Waals surface area contributed by atoms with Gasteiger partial charge in [-0.05, 0) is 63.4 Å². The lowest BCUT2D eigenvalue weighted by Crippen LogP contribution is -2.46. The molecule has 27 heavy (non-hydrogen) atoms. The Bertz CT molecular complexity index is 700. The van der Waals surface area contributed by atoms with Crippen molar-refractivity contribution in [3.63, 3.8) is 0 Å². The van der Waals surface area contributed by atoms with E-state index in [9.17, 15) is 14.0 Å². The smallest absolute Gasteiger partial charge is 0.253 e. The minimum atomic E-state index is -0.340. The number of hydrogen-bond acceptors (Lipinski definition) is 3. The highest BCUT2D eigenvalue weighted by molar-refractivity contribution is 5.94. The zero-order valence-corrected chi connectivity index (χ0v) is 15.9. The number of carbonyl (C=O) groups is 2. The molecule has 3 aliphatic heterocycles. The number of piperidine rings is 1. The molecule has 0 N–H and O–H groups in total. The highest BCUT2D eigenvalue weighted by Crippen LogP contribution is 2.30. The molecule has 3 aliphatic rings. The number of benzene rings is 1. The van der Waals surface area contributed by atoms with Crippen molar-refractivity contribution in [2.45, 2.75) is 44.2 Å². The van der Waals surface area contributed by atoms with Gasteiger partial charge in [-0.3, -0.25) is 14.5 Å². The summed E-state index contributed by atoms with van der Waals surface area (Å²) in [5.41, 5.74) is 0.507. The van der Waals surface area contributed by atoms with E-state index in [2.05, 4.69) is 16.8 Å². The number of amides is 2. The van der Waals surface area contributed by atoms with Gasteiger partial charge >= 0.3 is 0 Å². The van der Waals surface area contributed by atoms with E-state index in [4.69, 9.17) is 0 Å². The lowest BCUT2D eigenvalue weighted by molar-refractivity contribution is -0.137. The molecule has 0 spiro atoms. The Morgan fingerprint density at radius 2 is 1.52 bits per heavy atom. The molecule has 0 saturated carbocycles. The van der Waals surface area contributed by atoms with Gasteiger partial charge in [0.1, 0.15) is 5.82 Å². The summed E-state index contributed by atoms with van der Waals surface area (Å²) in [6.45, 7) is 2.89. The van der Waals surface area contributed by atoms with Crippen LogP contribution in [0.3, 0.4) is 0 Å². The molecule has 0 unspecified atom stereocenters. The van der Waals surface area contributed by atoms with Crippen molar-refractivity contribution < 1.29 is 14.0 Å². The summed E-state index contributed by atoms with van der Waals surface area (Å²) >= 11 is 0. The van der Waals surface area contributed by atoms with Gasteiger partial charge in [0.2, 0.25) is 5.91 Å². The average Bonchev–Trinajstić information content (AvgIpc) is 2.93. The van der Waals surface area contributed by atoms with Gasteiger partial charge in [-0.1, -0.05) is 0 Å². The van der Waals surface area contributed by atoms with Crippen molar-refractivity contribution in [2.75, 3.05) is 33.2 Å². The molecule has 4 rings (SSSR count). The van der Waals surface area contributed by atoms with E-state index in [0.717, 1.165) is 19.5 Å². The summed E-state index contributed by atoms with van der Waals surface area (Å²) in [5, 5.41) is 0. The van der Waals surface area contributed by atoms with E-state index < -0.39 is 0 Å². The van der Waals surface area contributed by atoms with Crippen LogP contribution < -0.4 is 0 Å². The van der Waals surface area contributed by atoms with Gasteiger partial charge in [0.05, 0.1) is 0 Å². The van der Waals surface area contributed by atoms with Crippen LogP contribution in [0.15, 0.2) is 24.3 Å². The topological polar surface area (TPSA) is 43.9 Å². The summed E-state index contributed by atoms with van der Waals surface area (Å²) in [5.74, 6) is -0.128.